The minimum atomic E-state index is -3.91. The van der Waals surface area contributed by atoms with Gasteiger partial charge in [-0.25, -0.2) is 13.2 Å². The summed E-state index contributed by atoms with van der Waals surface area (Å²) in [6, 6.07) is 9.99. The minimum absolute atomic E-state index is 0.0296. The van der Waals surface area contributed by atoms with E-state index in [4.69, 9.17) is 4.74 Å². The van der Waals surface area contributed by atoms with Crippen LogP contribution in [0.25, 0.3) is 0 Å². The molecule has 2 N–H and O–H groups in total. The van der Waals surface area contributed by atoms with Gasteiger partial charge in [0.05, 0.1) is 6.61 Å². The number of nitrogens with zero attached hydrogens (tertiary/aromatic N) is 1. The number of hydrogen-bond acceptors (Lipinski definition) is 5. The average Bonchev–Trinajstić information content (AvgIpc) is 3.12. The van der Waals surface area contributed by atoms with E-state index < -0.39 is 16.0 Å². The second kappa shape index (κ2) is 10.5. The number of sulfonamides is 1. The molecule has 9 heteroatoms. The number of nitrogens with one attached hydrogen (secondary N) is 2. The number of carbonyl (C=O) groups is 2. The van der Waals surface area contributed by atoms with Crippen molar-refractivity contribution >= 4 is 21.9 Å². The number of aryl methyl sites for hydroxylation is 2. The Kier molecular flexibility index (Phi) is 7.97. The quantitative estimate of drug-likeness (QED) is 0.570. The van der Waals surface area contributed by atoms with Crippen LogP contribution in [-0.4, -0.2) is 55.8 Å². The van der Waals surface area contributed by atoms with Crippen LogP contribution in [0.3, 0.4) is 0 Å². The maximum absolute atomic E-state index is 13.4. The largest absolute Gasteiger partial charge is 0.462 e. The number of ether oxygens (including phenoxy) is 1. The van der Waals surface area contributed by atoms with E-state index in [9.17, 15) is 18.0 Å². The van der Waals surface area contributed by atoms with Gasteiger partial charge in [0, 0.05) is 36.9 Å². The number of hydrogen-bond donors (Lipinski definition) is 2. The molecule has 8 nitrogen and oxygen atoms in total. The molecule has 1 aromatic heterocycles. The van der Waals surface area contributed by atoms with Crippen molar-refractivity contribution in [1.82, 2.24) is 14.6 Å². The normalized spacial score (nSPS) is 16.4. The fourth-order valence-corrected chi connectivity index (χ4v) is 6.20. The van der Waals surface area contributed by atoms with Gasteiger partial charge < -0.3 is 15.0 Å². The van der Waals surface area contributed by atoms with Crippen LogP contribution in [0.1, 0.15) is 59.9 Å². The number of rotatable bonds is 8. The Labute approximate surface area is 195 Å². The molecule has 1 atom stereocenters. The number of benzene rings is 1. The van der Waals surface area contributed by atoms with E-state index >= 15 is 0 Å². The molecule has 0 aliphatic carbocycles. The number of carbonyl (C=O) groups excluding carboxylic acids is 2. The van der Waals surface area contributed by atoms with Gasteiger partial charge in [-0.3, -0.25) is 4.79 Å². The summed E-state index contributed by atoms with van der Waals surface area (Å²) in [7, 11) is -3.91. The molecule has 0 radical (unpaired) electrons. The van der Waals surface area contributed by atoms with Crippen molar-refractivity contribution in [2.24, 2.45) is 5.92 Å². The zero-order valence-corrected chi connectivity index (χ0v) is 20.5. The van der Waals surface area contributed by atoms with Crippen molar-refractivity contribution in [2.75, 3.05) is 26.2 Å². The molecule has 1 amide bonds. The van der Waals surface area contributed by atoms with Gasteiger partial charge >= 0.3 is 5.97 Å². The Hall–Kier alpha value is -2.65. The summed E-state index contributed by atoms with van der Waals surface area (Å²) in [5, 5.41) is 3.01. The van der Waals surface area contributed by atoms with Crippen LogP contribution in [0.2, 0.25) is 0 Å². The third-order valence-electron chi connectivity index (χ3n) is 6.17. The first-order chi connectivity index (χ1) is 15.7. The lowest BCUT2D eigenvalue weighted by atomic mass is 9.96. The zero-order chi connectivity index (χ0) is 24.2. The fraction of sp³-hybridized carbons (Fsp3) is 0.500. The van der Waals surface area contributed by atoms with Gasteiger partial charge in [0.25, 0.3) is 0 Å². The lowest BCUT2D eigenvalue weighted by molar-refractivity contribution is -0.126. The molecule has 2 aromatic rings. The highest BCUT2D eigenvalue weighted by Crippen LogP contribution is 2.30. The van der Waals surface area contributed by atoms with Crippen molar-refractivity contribution in [3.63, 3.8) is 0 Å². The Balaban J connectivity index is 1.63. The van der Waals surface area contributed by atoms with Crippen LogP contribution in [0, 0.1) is 19.8 Å². The van der Waals surface area contributed by atoms with Crippen LogP contribution >= 0.6 is 0 Å². The Bertz CT molecular complexity index is 1090. The highest BCUT2D eigenvalue weighted by Gasteiger charge is 2.37. The monoisotopic (exact) mass is 475 g/mol. The summed E-state index contributed by atoms with van der Waals surface area (Å²) in [4.78, 5) is 28.0. The highest BCUT2D eigenvalue weighted by molar-refractivity contribution is 7.89. The SMILES string of the molecule is CCOC(=O)c1c(C)[nH]c(C)c1S(=O)(=O)N1CCC(C(=O)NCC(C)c2ccccc2)CC1. The van der Waals surface area contributed by atoms with Crippen molar-refractivity contribution in [3.8, 4) is 0 Å². The number of H-pyrrole nitrogens is 1. The smallest absolute Gasteiger partial charge is 0.341 e. The van der Waals surface area contributed by atoms with Crippen molar-refractivity contribution < 1.29 is 22.7 Å². The number of aromatic nitrogens is 1. The summed E-state index contributed by atoms with van der Waals surface area (Å²) in [5.41, 5.74) is 2.09. The van der Waals surface area contributed by atoms with Gasteiger partial charge in [0.1, 0.15) is 10.5 Å². The van der Waals surface area contributed by atoms with Gasteiger partial charge in [-0.1, -0.05) is 37.3 Å². The molecule has 0 saturated carbocycles. The van der Waals surface area contributed by atoms with E-state index in [0.717, 1.165) is 5.56 Å². The zero-order valence-electron chi connectivity index (χ0n) is 19.7. The molecule has 3 rings (SSSR count). The predicted molar refractivity (Wildman–Crippen MR) is 126 cm³/mol. The standard InChI is InChI=1S/C24H33N3O5S/c1-5-32-24(29)21-17(3)26-18(4)22(21)33(30,31)27-13-11-20(12-14-27)23(28)25-15-16(2)19-9-7-6-8-10-19/h6-10,16,20,26H,5,11-15H2,1-4H3,(H,25,28). The second-order valence-corrected chi connectivity index (χ2v) is 10.4. The van der Waals surface area contributed by atoms with Crippen molar-refractivity contribution in [1.29, 1.82) is 0 Å². The van der Waals surface area contributed by atoms with E-state index in [-0.39, 0.29) is 47.9 Å². The fourth-order valence-electron chi connectivity index (χ4n) is 4.31. The van der Waals surface area contributed by atoms with Crippen LogP contribution in [-0.2, 0) is 19.6 Å². The summed E-state index contributed by atoms with van der Waals surface area (Å²) in [6.07, 6.45) is 0.865. The molecule has 2 heterocycles. The van der Waals surface area contributed by atoms with Gasteiger partial charge in [0.2, 0.25) is 15.9 Å². The Morgan fingerprint density at radius 2 is 1.79 bits per heavy atom. The molecule has 180 valence electrons. The number of aromatic amines is 1. The van der Waals surface area contributed by atoms with E-state index in [1.54, 1.807) is 20.8 Å². The van der Waals surface area contributed by atoms with Crippen LogP contribution in [0.15, 0.2) is 35.2 Å². The third-order valence-corrected chi connectivity index (χ3v) is 8.24. The van der Waals surface area contributed by atoms with E-state index in [0.29, 0.717) is 30.8 Å². The van der Waals surface area contributed by atoms with Gasteiger partial charge in [0.15, 0.2) is 0 Å². The molecule has 0 bridgehead atoms. The molecule has 1 saturated heterocycles. The number of amides is 1. The second-order valence-electron chi connectivity index (χ2n) is 8.53. The van der Waals surface area contributed by atoms with Gasteiger partial charge in [-0.05, 0) is 45.1 Å². The lowest BCUT2D eigenvalue weighted by Crippen LogP contribution is -2.43. The van der Waals surface area contributed by atoms with E-state index in [2.05, 4.69) is 17.2 Å². The van der Waals surface area contributed by atoms with Gasteiger partial charge in [-0.15, -0.1) is 0 Å². The predicted octanol–water partition coefficient (Wildman–Crippen LogP) is 3.13. The average molecular weight is 476 g/mol. The maximum atomic E-state index is 13.4. The first-order valence-corrected chi connectivity index (χ1v) is 12.8. The van der Waals surface area contributed by atoms with Crippen LogP contribution in [0.5, 0.6) is 0 Å². The molecule has 1 aromatic carbocycles. The molecule has 0 spiro atoms. The molecule has 1 fully saturated rings. The van der Waals surface area contributed by atoms with Crippen LogP contribution < -0.4 is 5.32 Å². The van der Waals surface area contributed by atoms with Crippen LogP contribution in [0.4, 0.5) is 0 Å². The van der Waals surface area contributed by atoms with Gasteiger partial charge in [-0.2, -0.15) is 4.31 Å². The van der Waals surface area contributed by atoms with Crippen molar-refractivity contribution in [3.05, 3.63) is 52.8 Å². The van der Waals surface area contributed by atoms with E-state index in [1.165, 1.54) is 4.31 Å². The van der Waals surface area contributed by atoms with Crippen molar-refractivity contribution in [2.45, 2.75) is 51.3 Å². The highest BCUT2D eigenvalue weighted by atomic mass is 32.2. The maximum Gasteiger partial charge on any atom is 0.341 e. The summed E-state index contributed by atoms with van der Waals surface area (Å²) < 4.78 is 33.2. The first-order valence-electron chi connectivity index (χ1n) is 11.4. The number of esters is 1. The Morgan fingerprint density at radius 1 is 1.15 bits per heavy atom. The minimum Gasteiger partial charge on any atom is -0.462 e. The molecule has 1 aliphatic heterocycles. The number of piperidine rings is 1. The topological polar surface area (TPSA) is 109 Å². The summed E-state index contributed by atoms with van der Waals surface area (Å²) >= 11 is 0. The lowest BCUT2D eigenvalue weighted by Gasteiger charge is -2.31. The molecular formula is C24H33N3O5S. The molecule has 1 unspecified atom stereocenters. The third kappa shape index (κ3) is 5.47. The molecular weight excluding hydrogens is 442 g/mol. The first kappa shape index (κ1) is 25.0. The van der Waals surface area contributed by atoms with E-state index in [1.807, 2.05) is 30.3 Å². The summed E-state index contributed by atoms with van der Waals surface area (Å²) in [5.74, 6) is -0.745. The molecule has 1 aliphatic rings. The summed E-state index contributed by atoms with van der Waals surface area (Å²) in [6.45, 7) is 8.17. The molecule has 33 heavy (non-hydrogen) atoms. The Morgan fingerprint density at radius 3 is 2.39 bits per heavy atom.